The molecule has 4 nitrogen and oxygen atoms in total. The van der Waals surface area contributed by atoms with Gasteiger partial charge >= 0.3 is 5.97 Å². The minimum absolute atomic E-state index is 0.284. The molecule has 0 radical (unpaired) electrons. The molecule has 1 aromatic heterocycles. The Morgan fingerprint density at radius 3 is 2.50 bits per heavy atom. The highest BCUT2D eigenvalue weighted by atomic mass is 35.5. The summed E-state index contributed by atoms with van der Waals surface area (Å²) in [4.78, 5) is 12.0. The van der Waals surface area contributed by atoms with E-state index in [1.54, 1.807) is 0 Å². The van der Waals surface area contributed by atoms with E-state index < -0.39 is 11.9 Å². The molecule has 6 heteroatoms. The topological polar surface area (TPSA) is 55.1 Å². The molecular formula is C24H24Cl2N2O2. The molecule has 3 rings (SSSR count). The van der Waals surface area contributed by atoms with Crippen LogP contribution in [0, 0.1) is 6.92 Å². The van der Waals surface area contributed by atoms with Gasteiger partial charge in [-0.1, -0.05) is 53.6 Å². The van der Waals surface area contributed by atoms with Gasteiger partial charge in [-0.2, -0.15) is 5.10 Å². The van der Waals surface area contributed by atoms with Crippen molar-refractivity contribution in [2.45, 2.75) is 33.1 Å². The van der Waals surface area contributed by atoms with Crippen molar-refractivity contribution in [3.05, 3.63) is 82.0 Å². The van der Waals surface area contributed by atoms with E-state index in [4.69, 9.17) is 28.3 Å². The second-order valence-electron chi connectivity index (χ2n) is 7.45. The minimum Gasteiger partial charge on any atom is -0.481 e. The zero-order valence-electron chi connectivity index (χ0n) is 17.2. The number of allylic oxidation sites excluding steroid dienone is 2. The Morgan fingerprint density at radius 2 is 1.87 bits per heavy atom. The fraction of sp³-hybridized carbons (Fsp3) is 0.250. The predicted octanol–water partition coefficient (Wildman–Crippen LogP) is 6.41. The van der Waals surface area contributed by atoms with Crippen molar-refractivity contribution in [2.24, 2.45) is 0 Å². The zero-order valence-corrected chi connectivity index (χ0v) is 18.7. The number of carboxylic acids is 1. The van der Waals surface area contributed by atoms with Crippen LogP contribution in [-0.2, 0) is 11.2 Å². The highest BCUT2D eigenvalue weighted by Gasteiger charge is 2.23. The Labute approximate surface area is 186 Å². The number of carboxylic acid groups (broad SMARTS) is 1. The Morgan fingerprint density at radius 1 is 1.13 bits per heavy atom. The number of benzene rings is 2. The van der Waals surface area contributed by atoms with Crippen LogP contribution in [0.3, 0.4) is 0 Å². The number of aliphatic carboxylic acids is 1. The lowest BCUT2D eigenvalue weighted by Crippen LogP contribution is -2.15. The molecule has 3 aromatic rings. The maximum absolute atomic E-state index is 12.0. The third kappa shape index (κ3) is 4.94. The van der Waals surface area contributed by atoms with Crippen LogP contribution in [0.4, 0.5) is 0 Å². The number of hydrogen-bond acceptors (Lipinski definition) is 2. The molecule has 0 aliphatic rings. The van der Waals surface area contributed by atoms with Gasteiger partial charge in [-0.3, -0.25) is 4.79 Å². The number of rotatable bonds is 7. The van der Waals surface area contributed by atoms with Gasteiger partial charge in [0.15, 0.2) is 0 Å². The van der Waals surface area contributed by atoms with E-state index in [1.165, 1.54) is 0 Å². The zero-order chi connectivity index (χ0) is 21.8. The van der Waals surface area contributed by atoms with E-state index in [2.05, 4.69) is 0 Å². The molecule has 1 atom stereocenters. The SMILES string of the molecule is C/C(CCl)=C(\C)n1nc(CC(C(=O)O)c2cccc(C)c2)cc1-c1cccc(Cl)c1. The molecule has 0 saturated carbocycles. The smallest absolute Gasteiger partial charge is 0.311 e. The Hall–Kier alpha value is -2.56. The van der Waals surface area contributed by atoms with E-state index in [-0.39, 0.29) is 6.42 Å². The van der Waals surface area contributed by atoms with Crippen molar-refractivity contribution < 1.29 is 9.90 Å². The second-order valence-corrected chi connectivity index (χ2v) is 8.16. The van der Waals surface area contributed by atoms with Gasteiger partial charge in [-0.05, 0) is 50.1 Å². The Bertz CT molecular complexity index is 1100. The molecule has 0 bridgehead atoms. The second kappa shape index (κ2) is 9.50. The van der Waals surface area contributed by atoms with Crippen molar-refractivity contribution in [2.75, 3.05) is 5.88 Å². The molecule has 0 aliphatic carbocycles. The van der Waals surface area contributed by atoms with Crippen LogP contribution in [0.25, 0.3) is 17.0 Å². The number of hydrogen-bond donors (Lipinski definition) is 1. The molecule has 0 spiro atoms. The first-order valence-corrected chi connectivity index (χ1v) is 10.6. The number of alkyl halides is 1. The lowest BCUT2D eigenvalue weighted by atomic mass is 9.93. The van der Waals surface area contributed by atoms with Gasteiger partial charge in [0.1, 0.15) is 0 Å². The van der Waals surface area contributed by atoms with Crippen molar-refractivity contribution in [1.82, 2.24) is 9.78 Å². The highest BCUT2D eigenvalue weighted by molar-refractivity contribution is 6.30. The van der Waals surface area contributed by atoms with E-state index in [0.29, 0.717) is 16.6 Å². The summed E-state index contributed by atoms with van der Waals surface area (Å²) in [5.41, 5.74) is 6.15. The first-order chi connectivity index (χ1) is 14.3. The molecule has 156 valence electrons. The third-order valence-corrected chi connectivity index (χ3v) is 5.81. The van der Waals surface area contributed by atoms with Crippen LogP contribution >= 0.6 is 23.2 Å². The molecular weight excluding hydrogens is 419 g/mol. The summed E-state index contributed by atoms with van der Waals surface area (Å²) < 4.78 is 1.83. The Balaban J connectivity index is 2.08. The largest absolute Gasteiger partial charge is 0.481 e. The minimum atomic E-state index is -0.872. The van der Waals surface area contributed by atoms with Gasteiger partial charge in [0.25, 0.3) is 0 Å². The van der Waals surface area contributed by atoms with Crippen LogP contribution in [0.2, 0.25) is 5.02 Å². The molecule has 0 fully saturated rings. The monoisotopic (exact) mass is 442 g/mol. The molecule has 1 unspecified atom stereocenters. The molecule has 1 N–H and O–H groups in total. The fourth-order valence-corrected chi connectivity index (χ4v) is 3.74. The average molecular weight is 443 g/mol. The molecule has 0 aliphatic heterocycles. The molecule has 30 heavy (non-hydrogen) atoms. The summed E-state index contributed by atoms with van der Waals surface area (Å²) in [6.07, 6.45) is 0.284. The summed E-state index contributed by atoms with van der Waals surface area (Å²) in [6, 6.07) is 17.1. The average Bonchev–Trinajstić information content (AvgIpc) is 3.14. The normalized spacial score (nSPS) is 13.1. The highest BCUT2D eigenvalue weighted by Crippen LogP contribution is 2.29. The summed E-state index contributed by atoms with van der Waals surface area (Å²) in [5.74, 6) is -1.17. The van der Waals surface area contributed by atoms with Crippen LogP contribution < -0.4 is 0 Å². The van der Waals surface area contributed by atoms with Gasteiger partial charge in [-0.15, -0.1) is 11.6 Å². The summed E-state index contributed by atoms with van der Waals surface area (Å²) >= 11 is 12.3. The van der Waals surface area contributed by atoms with E-state index in [0.717, 1.165) is 33.7 Å². The van der Waals surface area contributed by atoms with Crippen molar-refractivity contribution in [3.63, 3.8) is 0 Å². The van der Waals surface area contributed by atoms with Crippen molar-refractivity contribution in [1.29, 1.82) is 0 Å². The van der Waals surface area contributed by atoms with E-state index in [1.807, 2.05) is 80.1 Å². The number of carbonyl (C=O) groups is 1. The van der Waals surface area contributed by atoms with Crippen LogP contribution in [0.1, 0.15) is 36.6 Å². The van der Waals surface area contributed by atoms with Gasteiger partial charge in [-0.25, -0.2) is 4.68 Å². The number of halogens is 2. The van der Waals surface area contributed by atoms with E-state index in [9.17, 15) is 9.90 Å². The lowest BCUT2D eigenvalue weighted by Gasteiger charge is -2.12. The molecule has 0 saturated heterocycles. The molecule has 2 aromatic carbocycles. The van der Waals surface area contributed by atoms with Crippen LogP contribution in [0.5, 0.6) is 0 Å². The maximum Gasteiger partial charge on any atom is 0.311 e. The van der Waals surface area contributed by atoms with Crippen LogP contribution in [0.15, 0.2) is 60.2 Å². The first-order valence-electron chi connectivity index (χ1n) is 9.67. The van der Waals surface area contributed by atoms with Gasteiger partial charge in [0, 0.05) is 28.6 Å². The third-order valence-electron chi connectivity index (χ3n) is 5.17. The number of aryl methyl sites for hydroxylation is 1. The quantitative estimate of drug-likeness (QED) is 0.429. The predicted molar refractivity (Wildman–Crippen MR) is 123 cm³/mol. The summed E-state index contributed by atoms with van der Waals surface area (Å²) in [7, 11) is 0. The maximum atomic E-state index is 12.0. The number of nitrogens with zero attached hydrogens (tertiary/aromatic N) is 2. The van der Waals surface area contributed by atoms with Crippen molar-refractivity contribution in [3.8, 4) is 11.3 Å². The van der Waals surface area contributed by atoms with Gasteiger partial charge in [0.2, 0.25) is 0 Å². The van der Waals surface area contributed by atoms with Crippen molar-refractivity contribution >= 4 is 34.9 Å². The van der Waals surface area contributed by atoms with Gasteiger partial charge < -0.3 is 5.11 Å². The summed E-state index contributed by atoms with van der Waals surface area (Å²) in [5, 5.41) is 15.2. The standard InChI is InChI=1S/C24H24Cl2N2O2/c1-15-6-4-7-18(10-15)22(24(29)30)12-21-13-23(19-8-5-9-20(26)11-19)28(27-21)17(3)16(2)14-25/h4-11,13,22H,12,14H2,1-3H3,(H,29,30)/b17-16-. The Kier molecular flexibility index (Phi) is 7.01. The summed E-state index contributed by atoms with van der Waals surface area (Å²) in [6.45, 7) is 5.87. The first kappa shape index (κ1) is 22.1. The van der Waals surface area contributed by atoms with Crippen LogP contribution in [-0.4, -0.2) is 26.7 Å². The molecule has 0 amide bonds. The molecule has 1 heterocycles. The van der Waals surface area contributed by atoms with Gasteiger partial charge in [0.05, 0.1) is 17.3 Å². The number of aromatic nitrogens is 2. The lowest BCUT2D eigenvalue weighted by molar-refractivity contribution is -0.138. The van der Waals surface area contributed by atoms with E-state index >= 15 is 0 Å². The fourth-order valence-electron chi connectivity index (χ4n) is 3.36.